The van der Waals surface area contributed by atoms with Gasteiger partial charge in [0.1, 0.15) is 17.9 Å². The summed E-state index contributed by atoms with van der Waals surface area (Å²) in [6.07, 6.45) is 2.02. The van der Waals surface area contributed by atoms with Crippen molar-refractivity contribution in [3.05, 3.63) is 32.6 Å². The molecule has 0 aromatic carbocycles. The average Bonchev–Trinajstić information content (AvgIpc) is 3.13. The monoisotopic (exact) mass is 421 g/mol. The van der Waals surface area contributed by atoms with Crippen molar-refractivity contribution in [2.45, 2.75) is 45.2 Å². The molecule has 0 unspecified atom stereocenters. The largest absolute Gasteiger partial charge is 0.350 e. The molecule has 1 fully saturated rings. The van der Waals surface area contributed by atoms with Crippen LogP contribution in [0.4, 0.5) is 0 Å². The second-order valence-corrected chi connectivity index (χ2v) is 9.52. The molecule has 4 heterocycles. The molecule has 0 saturated carbocycles. The SMILES string of the molecule is CC(C)c1nn(CC(=O)N[C@@H]2CCCN(C)C2)c(=O)c2cc3sc(Cl)cc3n12. The lowest BCUT2D eigenvalue weighted by Crippen LogP contribution is -2.48. The molecule has 1 N–H and O–H groups in total. The van der Waals surface area contributed by atoms with Gasteiger partial charge >= 0.3 is 0 Å². The molecule has 150 valence electrons. The molecule has 9 heteroatoms. The fourth-order valence-electron chi connectivity index (χ4n) is 3.89. The Bertz CT molecular complexity index is 1100. The molecular formula is C19H24ClN5O2S. The van der Waals surface area contributed by atoms with Crippen LogP contribution in [-0.4, -0.2) is 51.2 Å². The summed E-state index contributed by atoms with van der Waals surface area (Å²) in [6, 6.07) is 3.82. The Labute approximate surface area is 171 Å². The summed E-state index contributed by atoms with van der Waals surface area (Å²) in [5, 5.41) is 7.59. The number of nitrogens with zero attached hydrogens (tertiary/aromatic N) is 4. The first-order chi connectivity index (χ1) is 13.3. The smallest absolute Gasteiger partial charge is 0.291 e. The third-order valence-electron chi connectivity index (χ3n) is 5.16. The number of halogens is 1. The fraction of sp³-hybridized carbons (Fsp3) is 0.526. The molecule has 0 bridgehead atoms. The number of piperidine rings is 1. The number of fused-ring (bicyclic) bond motifs is 3. The van der Waals surface area contributed by atoms with Crippen LogP contribution < -0.4 is 10.9 Å². The Morgan fingerprint density at radius 1 is 1.39 bits per heavy atom. The summed E-state index contributed by atoms with van der Waals surface area (Å²) in [5.41, 5.74) is 1.15. The lowest BCUT2D eigenvalue weighted by atomic mass is 10.1. The van der Waals surface area contributed by atoms with E-state index in [1.54, 1.807) is 0 Å². The van der Waals surface area contributed by atoms with Crippen LogP contribution in [0.2, 0.25) is 4.34 Å². The maximum Gasteiger partial charge on any atom is 0.291 e. The molecule has 1 atom stereocenters. The first kappa shape index (κ1) is 19.4. The number of hydrogen-bond donors (Lipinski definition) is 1. The molecule has 28 heavy (non-hydrogen) atoms. The average molecular weight is 422 g/mol. The highest BCUT2D eigenvalue weighted by atomic mass is 35.5. The normalized spacial score (nSPS) is 18.4. The summed E-state index contributed by atoms with van der Waals surface area (Å²) in [6.45, 7) is 5.86. The topological polar surface area (TPSA) is 71.6 Å². The van der Waals surface area contributed by atoms with Gasteiger partial charge in [-0.1, -0.05) is 25.4 Å². The minimum absolute atomic E-state index is 0.0746. The van der Waals surface area contributed by atoms with Crippen LogP contribution in [0, 0.1) is 0 Å². The van der Waals surface area contributed by atoms with Crippen LogP contribution in [0.1, 0.15) is 38.4 Å². The van der Waals surface area contributed by atoms with E-state index in [0.29, 0.717) is 9.85 Å². The molecule has 1 amide bonds. The zero-order valence-electron chi connectivity index (χ0n) is 16.2. The standard InChI is InChI=1S/C19H24ClN5O2S/c1-11(2)18-22-24(10-17(26)21-12-5-4-6-23(3)9-12)19(27)14-7-15-13(25(14)18)8-16(20)28-15/h7-8,11-12H,4-6,9-10H2,1-3H3,(H,21,26)/t12-/m1/s1. The quantitative estimate of drug-likeness (QED) is 0.703. The number of amides is 1. The van der Waals surface area contributed by atoms with E-state index in [1.807, 2.05) is 30.4 Å². The molecule has 7 nitrogen and oxygen atoms in total. The lowest BCUT2D eigenvalue weighted by Gasteiger charge is -2.30. The van der Waals surface area contributed by atoms with Gasteiger partial charge < -0.3 is 10.2 Å². The number of likely N-dealkylation sites (N-methyl/N-ethyl adjacent to an activating group) is 1. The van der Waals surface area contributed by atoms with Crippen LogP contribution >= 0.6 is 22.9 Å². The predicted octanol–water partition coefficient (Wildman–Crippen LogP) is 2.70. The maximum absolute atomic E-state index is 13.0. The van der Waals surface area contributed by atoms with Crippen LogP contribution in [0.15, 0.2) is 16.9 Å². The number of carbonyl (C=O) groups excluding carboxylic acids is 1. The molecule has 0 radical (unpaired) electrons. The number of carbonyl (C=O) groups is 1. The molecule has 3 aromatic heterocycles. The van der Waals surface area contributed by atoms with Crippen molar-refractivity contribution in [2.75, 3.05) is 20.1 Å². The number of thiophene rings is 1. The van der Waals surface area contributed by atoms with E-state index in [-0.39, 0.29) is 30.0 Å². The van der Waals surface area contributed by atoms with Gasteiger partial charge in [-0.15, -0.1) is 11.3 Å². The highest BCUT2D eigenvalue weighted by Crippen LogP contribution is 2.32. The van der Waals surface area contributed by atoms with Crippen molar-refractivity contribution in [1.29, 1.82) is 0 Å². The van der Waals surface area contributed by atoms with E-state index in [1.165, 1.54) is 16.0 Å². The zero-order valence-corrected chi connectivity index (χ0v) is 17.8. The van der Waals surface area contributed by atoms with E-state index < -0.39 is 0 Å². The van der Waals surface area contributed by atoms with Gasteiger partial charge in [-0.3, -0.25) is 14.0 Å². The number of aromatic nitrogens is 3. The summed E-state index contributed by atoms with van der Waals surface area (Å²) in [4.78, 5) is 27.8. The van der Waals surface area contributed by atoms with Crippen LogP contribution in [0.3, 0.4) is 0 Å². The number of nitrogens with one attached hydrogen (secondary N) is 1. The van der Waals surface area contributed by atoms with Crippen LogP contribution in [0.25, 0.3) is 15.7 Å². The highest BCUT2D eigenvalue weighted by molar-refractivity contribution is 7.22. The fourth-order valence-corrected chi connectivity index (χ4v) is 5.05. The van der Waals surface area contributed by atoms with Crippen molar-refractivity contribution >= 4 is 44.6 Å². The van der Waals surface area contributed by atoms with Crippen molar-refractivity contribution in [1.82, 2.24) is 24.4 Å². The second kappa shape index (κ2) is 7.50. The summed E-state index contributed by atoms with van der Waals surface area (Å²) < 4.78 is 4.78. The number of rotatable bonds is 4. The first-order valence-corrected chi connectivity index (χ1v) is 10.7. The van der Waals surface area contributed by atoms with Crippen molar-refractivity contribution < 1.29 is 4.79 Å². The Morgan fingerprint density at radius 2 is 2.18 bits per heavy atom. The van der Waals surface area contributed by atoms with Gasteiger partial charge in [-0.25, -0.2) is 4.68 Å². The van der Waals surface area contributed by atoms with Crippen molar-refractivity contribution in [2.24, 2.45) is 0 Å². The van der Waals surface area contributed by atoms with Gasteiger partial charge in [0.25, 0.3) is 5.56 Å². The Hall–Kier alpha value is -1.90. The minimum atomic E-state index is -0.264. The molecule has 4 rings (SSSR count). The van der Waals surface area contributed by atoms with E-state index in [9.17, 15) is 9.59 Å². The summed E-state index contributed by atoms with van der Waals surface area (Å²) in [5.74, 6) is 0.647. The second-order valence-electron chi connectivity index (χ2n) is 7.81. The van der Waals surface area contributed by atoms with E-state index in [2.05, 4.69) is 22.4 Å². The number of likely N-dealkylation sites (tertiary alicyclic amines) is 1. The van der Waals surface area contributed by atoms with Crippen molar-refractivity contribution in [3.8, 4) is 0 Å². The van der Waals surface area contributed by atoms with E-state index >= 15 is 0 Å². The first-order valence-electron chi connectivity index (χ1n) is 9.53. The highest BCUT2D eigenvalue weighted by Gasteiger charge is 2.22. The van der Waals surface area contributed by atoms with Gasteiger partial charge in [0.05, 0.1) is 14.6 Å². The molecule has 3 aromatic rings. The molecule has 0 aliphatic carbocycles. The van der Waals surface area contributed by atoms with Gasteiger partial charge in [-0.05, 0) is 38.6 Å². The molecule has 1 aliphatic heterocycles. The third kappa shape index (κ3) is 3.56. The van der Waals surface area contributed by atoms with Crippen LogP contribution in [-0.2, 0) is 11.3 Å². The maximum atomic E-state index is 13.0. The minimum Gasteiger partial charge on any atom is -0.350 e. The summed E-state index contributed by atoms with van der Waals surface area (Å²) in [7, 11) is 2.05. The number of hydrogen-bond acceptors (Lipinski definition) is 5. The lowest BCUT2D eigenvalue weighted by molar-refractivity contribution is -0.123. The Balaban J connectivity index is 1.68. The van der Waals surface area contributed by atoms with Gasteiger partial charge in [0, 0.05) is 18.5 Å². The third-order valence-corrected chi connectivity index (χ3v) is 6.37. The van der Waals surface area contributed by atoms with Gasteiger partial charge in [-0.2, -0.15) is 5.10 Å². The predicted molar refractivity (Wildman–Crippen MR) is 113 cm³/mol. The summed E-state index contributed by atoms with van der Waals surface area (Å²) >= 11 is 7.58. The van der Waals surface area contributed by atoms with Crippen LogP contribution in [0.5, 0.6) is 0 Å². The van der Waals surface area contributed by atoms with Gasteiger partial charge in [0.2, 0.25) is 5.91 Å². The molecule has 1 aliphatic rings. The molecule has 1 saturated heterocycles. The zero-order chi connectivity index (χ0) is 20.0. The molecule has 0 spiro atoms. The van der Waals surface area contributed by atoms with E-state index in [4.69, 9.17) is 11.6 Å². The van der Waals surface area contributed by atoms with Gasteiger partial charge in [0.15, 0.2) is 0 Å². The Kier molecular flexibility index (Phi) is 5.20. The van der Waals surface area contributed by atoms with E-state index in [0.717, 1.165) is 42.0 Å². The Morgan fingerprint density at radius 3 is 2.89 bits per heavy atom. The van der Waals surface area contributed by atoms with Crippen molar-refractivity contribution in [3.63, 3.8) is 0 Å². The molecular weight excluding hydrogens is 398 g/mol.